The Morgan fingerprint density at radius 2 is 1.28 bits per heavy atom. The molecule has 0 aliphatic rings. The quantitative estimate of drug-likeness (QED) is 0.250. The van der Waals surface area contributed by atoms with Gasteiger partial charge in [-0.25, -0.2) is 4.79 Å². The zero-order chi connectivity index (χ0) is 26.8. The molecule has 2 aromatic carbocycles. The summed E-state index contributed by atoms with van der Waals surface area (Å²) in [6.07, 6.45) is 0.0864. The van der Waals surface area contributed by atoms with Crippen LogP contribution in [0.25, 0.3) is 0 Å². The number of carboxylic acids is 1. The molecule has 2 aromatic rings. The minimum absolute atomic E-state index is 0.0295. The standard InChI is InChI=1S/C26H34N4O6/c1-15(2)22(27)25(34)28-16(3)23(32)29-20(13-18-9-11-19(31)12-10-18)24(33)30-21(26(35)36)14-17-7-5-4-6-8-17/h4-12,15-16,20-22,31H,13-14,27H2,1-3H3,(H,28,34)(H,29,32)(H,30,33)(H,35,36). The van der Waals surface area contributed by atoms with E-state index in [0.717, 1.165) is 5.56 Å². The number of carbonyl (C=O) groups is 4. The van der Waals surface area contributed by atoms with Gasteiger partial charge in [-0.15, -0.1) is 0 Å². The molecule has 0 bridgehead atoms. The number of carbonyl (C=O) groups excluding carboxylic acids is 3. The molecule has 10 heteroatoms. The van der Waals surface area contributed by atoms with Gasteiger partial charge in [0.25, 0.3) is 0 Å². The first-order chi connectivity index (χ1) is 17.0. The minimum atomic E-state index is -1.22. The Morgan fingerprint density at radius 3 is 1.83 bits per heavy atom. The van der Waals surface area contributed by atoms with Crippen molar-refractivity contribution in [2.45, 2.75) is 57.8 Å². The van der Waals surface area contributed by atoms with Gasteiger partial charge in [0.2, 0.25) is 17.7 Å². The number of aromatic hydroxyl groups is 1. The molecule has 4 unspecified atom stereocenters. The Hall–Kier alpha value is -3.92. The van der Waals surface area contributed by atoms with E-state index in [1.807, 2.05) is 0 Å². The fraction of sp³-hybridized carbons (Fsp3) is 0.385. The Bertz CT molecular complexity index is 1040. The summed E-state index contributed by atoms with van der Waals surface area (Å²) in [6.45, 7) is 5.02. The molecule has 4 atom stereocenters. The summed E-state index contributed by atoms with van der Waals surface area (Å²) in [6, 6.07) is 10.8. The molecule has 36 heavy (non-hydrogen) atoms. The first-order valence-corrected chi connectivity index (χ1v) is 11.7. The van der Waals surface area contributed by atoms with Gasteiger partial charge in [-0.3, -0.25) is 14.4 Å². The lowest BCUT2D eigenvalue weighted by molar-refractivity contribution is -0.142. The zero-order valence-electron chi connectivity index (χ0n) is 20.6. The largest absolute Gasteiger partial charge is 0.508 e. The highest BCUT2D eigenvalue weighted by atomic mass is 16.4. The van der Waals surface area contributed by atoms with E-state index in [1.165, 1.54) is 19.1 Å². The number of benzene rings is 2. The average Bonchev–Trinajstić information content (AvgIpc) is 2.84. The lowest BCUT2D eigenvalue weighted by Gasteiger charge is -2.24. The van der Waals surface area contributed by atoms with Crippen LogP contribution in [0.4, 0.5) is 0 Å². The van der Waals surface area contributed by atoms with Gasteiger partial charge in [-0.2, -0.15) is 0 Å². The molecule has 0 radical (unpaired) electrons. The van der Waals surface area contributed by atoms with Crippen molar-refractivity contribution < 1.29 is 29.4 Å². The van der Waals surface area contributed by atoms with E-state index in [-0.39, 0.29) is 24.5 Å². The van der Waals surface area contributed by atoms with Gasteiger partial charge in [0.05, 0.1) is 6.04 Å². The molecule has 0 aromatic heterocycles. The fourth-order valence-electron chi connectivity index (χ4n) is 3.37. The van der Waals surface area contributed by atoms with Crippen molar-refractivity contribution in [3.63, 3.8) is 0 Å². The summed E-state index contributed by atoms with van der Waals surface area (Å²) in [7, 11) is 0. The van der Waals surface area contributed by atoms with Crippen molar-refractivity contribution in [3.8, 4) is 5.75 Å². The summed E-state index contributed by atoms with van der Waals surface area (Å²) in [4.78, 5) is 50.1. The fourth-order valence-corrected chi connectivity index (χ4v) is 3.37. The zero-order valence-corrected chi connectivity index (χ0v) is 20.6. The molecule has 0 fully saturated rings. The number of nitrogens with two attached hydrogens (primary N) is 1. The summed E-state index contributed by atoms with van der Waals surface area (Å²) in [5.41, 5.74) is 7.19. The Balaban J connectivity index is 2.17. The molecule has 2 rings (SSSR count). The second-order valence-corrected chi connectivity index (χ2v) is 9.02. The van der Waals surface area contributed by atoms with E-state index in [2.05, 4.69) is 16.0 Å². The number of phenolic OH excluding ortho intramolecular Hbond substituents is 1. The van der Waals surface area contributed by atoms with Crippen LogP contribution in [0, 0.1) is 5.92 Å². The van der Waals surface area contributed by atoms with Crippen LogP contribution < -0.4 is 21.7 Å². The van der Waals surface area contributed by atoms with E-state index >= 15 is 0 Å². The highest BCUT2D eigenvalue weighted by molar-refractivity contribution is 5.94. The third-order valence-corrected chi connectivity index (χ3v) is 5.68. The van der Waals surface area contributed by atoms with Crippen LogP contribution in [0.5, 0.6) is 5.75 Å². The van der Waals surface area contributed by atoms with Gasteiger partial charge in [0.15, 0.2) is 0 Å². The van der Waals surface area contributed by atoms with Gasteiger partial charge < -0.3 is 31.9 Å². The number of hydrogen-bond donors (Lipinski definition) is 6. The number of hydrogen-bond acceptors (Lipinski definition) is 6. The van der Waals surface area contributed by atoms with Gasteiger partial charge in [-0.1, -0.05) is 56.3 Å². The van der Waals surface area contributed by atoms with Gasteiger partial charge in [0.1, 0.15) is 23.9 Å². The molecule has 0 aliphatic carbocycles. The smallest absolute Gasteiger partial charge is 0.326 e. The SMILES string of the molecule is CC(NC(=O)C(N)C(C)C)C(=O)NC(Cc1ccc(O)cc1)C(=O)NC(Cc1ccccc1)C(=O)O. The Labute approximate surface area is 210 Å². The summed E-state index contributed by atoms with van der Waals surface area (Å²) < 4.78 is 0. The van der Waals surface area contributed by atoms with E-state index < -0.39 is 47.9 Å². The second kappa shape index (κ2) is 13.2. The van der Waals surface area contributed by atoms with Crippen molar-refractivity contribution in [2.24, 2.45) is 11.7 Å². The molecule has 7 N–H and O–H groups in total. The third kappa shape index (κ3) is 8.70. The Morgan fingerprint density at radius 1 is 0.750 bits per heavy atom. The van der Waals surface area contributed by atoms with E-state index in [0.29, 0.717) is 5.56 Å². The molecule has 0 saturated heterocycles. The number of phenols is 1. The van der Waals surface area contributed by atoms with Crippen molar-refractivity contribution in [1.82, 2.24) is 16.0 Å². The minimum Gasteiger partial charge on any atom is -0.508 e. The predicted molar refractivity (Wildman–Crippen MR) is 134 cm³/mol. The van der Waals surface area contributed by atoms with E-state index in [1.54, 1.807) is 56.3 Å². The molecule has 10 nitrogen and oxygen atoms in total. The molecule has 0 spiro atoms. The number of amides is 3. The number of carboxylic acid groups (broad SMARTS) is 1. The lowest BCUT2D eigenvalue weighted by atomic mass is 10.0. The molecule has 3 amide bonds. The van der Waals surface area contributed by atoms with Gasteiger partial charge in [0, 0.05) is 12.8 Å². The van der Waals surface area contributed by atoms with Gasteiger partial charge >= 0.3 is 5.97 Å². The molecule has 194 valence electrons. The van der Waals surface area contributed by atoms with Crippen LogP contribution in [0.15, 0.2) is 54.6 Å². The van der Waals surface area contributed by atoms with Crippen molar-refractivity contribution in [1.29, 1.82) is 0 Å². The number of rotatable bonds is 12. The van der Waals surface area contributed by atoms with Crippen LogP contribution in [-0.4, -0.2) is 58.1 Å². The van der Waals surface area contributed by atoms with Crippen molar-refractivity contribution >= 4 is 23.7 Å². The van der Waals surface area contributed by atoms with Crippen molar-refractivity contribution in [3.05, 3.63) is 65.7 Å². The molecule has 0 aliphatic heterocycles. The molecular formula is C26H34N4O6. The van der Waals surface area contributed by atoms with E-state index in [4.69, 9.17) is 5.73 Å². The first kappa shape index (κ1) is 28.3. The molecule has 0 heterocycles. The molecular weight excluding hydrogens is 464 g/mol. The second-order valence-electron chi connectivity index (χ2n) is 9.02. The lowest BCUT2D eigenvalue weighted by Crippen LogP contribution is -2.57. The summed E-state index contributed by atoms with van der Waals surface area (Å²) in [5.74, 6) is -3.14. The summed E-state index contributed by atoms with van der Waals surface area (Å²) >= 11 is 0. The highest BCUT2D eigenvalue weighted by Gasteiger charge is 2.29. The summed E-state index contributed by atoms with van der Waals surface area (Å²) in [5, 5.41) is 26.8. The van der Waals surface area contributed by atoms with Crippen LogP contribution in [0.3, 0.4) is 0 Å². The number of aliphatic carboxylic acids is 1. The first-order valence-electron chi connectivity index (χ1n) is 11.7. The topological polar surface area (TPSA) is 171 Å². The van der Waals surface area contributed by atoms with Crippen LogP contribution in [0.1, 0.15) is 31.9 Å². The normalized spacial score (nSPS) is 14.2. The van der Waals surface area contributed by atoms with Crippen molar-refractivity contribution in [2.75, 3.05) is 0 Å². The maximum atomic E-state index is 13.2. The highest BCUT2D eigenvalue weighted by Crippen LogP contribution is 2.12. The average molecular weight is 499 g/mol. The third-order valence-electron chi connectivity index (χ3n) is 5.68. The predicted octanol–water partition coefficient (Wildman–Crippen LogP) is 0.720. The number of nitrogens with one attached hydrogen (secondary N) is 3. The van der Waals surface area contributed by atoms with E-state index in [9.17, 15) is 29.4 Å². The Kier molecular flexibility index (Phi) is 10.4. The maximum absolute atomic E-state index is 13.2. The van der Waals surface area contributed by atoms with Gasteiger partial charge in [-0.05, 0) is 36.1 Å². The van der Waals surface area contributed by atoms with Crippen LogP contribution in [0.2, 0.25) is 0 Å². The molecule has 0 saturated carbocycles. The monoisotopic (exact) mass is 498 g/mol. The van der Waals surface area contributed by atoms with Crippen LogP contribution >= 0.6 is 0 Å². The maximum Gasteiger partial charge on any atom is 0.326 e. The van der Waals surface area contributed by atoms with Crippen LogP contribution in [-0.2, 0) is 32.0 Å².